The van der Waals surface area contributed by atoms with Gasteiger partial charge in [0.15, 0.2) is 0 Å². The van der Waals surface area contributed by atoms with E-state index in [9.17, 15) is 19.2 Å². The van der Waals surface area contributed by atoms with Crippen molar-refractivity contribution in [2.75, 3.05) is 38.3 Å². The molecule has 1 amide bonds. The van der Waals surface area contributed by atoms with Crippen molar-refractivity contribution in [3.8, 4) is 11.1 Å². The maximum atomic E-state index is 13.4. The Morgan fingerprint density at radius 3 is 2.09 bits per heavy atom. The smallest absolute Gasteiger partial charge is 0.323 e. The third-order valence-electron chi connectivity index (χ3n) is 7.30. The monoisotopic (exact) mass is 618 g/mol. The van der Waals surface area contributed by atoms with Crippen molar-refractivity contribution in [2.24, 2.45) is 5.92 Å². The molecule has 1 aliphatic rings. The molecule has 232 valence electrons. The zero-order valence-corrected chi connectivity index (χ0v) is 25.8. The van der Waals surface area contributed by atoms with E-state index in [2.05, 4.69) is 22.8 Å². The summed E-state index contributed by atoms with van der Waals surface area (Å²) in [6, 6.07) is 24.6. The Labute approximate surface area is 262 Å². The minimum atomic E-state index is -0.971. The molecule has 0 radical (unpaired) electrons. The third-order valence-corrected chi connectivity index (χ3v) is 7.97. The number of hydrogen-bond acceptors (Lipinski definition) is 9. The van der Waals surface area contributed by atoms with Gasteiger partial charge in [-0.1, -0.05) is 78.9 Å². The fourth-order valence-corrected chi connectivity index (χ4v) is 5.68. The molecule has 0 bridgehead atoms. The van der Waals surface area contributed by atoms with Crippen molar-refractivity contribution in [3.63, 3.8) is 0 Å². The maximum absolute atomic E-state index is 13.4. The van der Waals surface area contributed by atoms with Crippen LogP contribution in [-0.4, -0.2) is 68.2 Å². The van der Waals surface area contributed by atoms with Crippen LogP contribution in [0.5, 0.6) is 0 Å². The van der Waals surface area contributed by atoms with Crippen LogP contribution in [0.15, 0.2) is 78.9 Å². The fraction of sp³-hybridized carbons (Fsp3) is 0.353. The van der Waals surface area contributed by atoms with Gasteiger partial charge in [0.05, 0.1) is 25.5 Å². The van der Waals surface area contributed by atoms with Crippen LogP contribution in [0.1, 0.15) is 36.0 Å². The topological polar surface area (TPSA) is 120 Å². The Morgan fingerprint density at radius 1 is 0.818 bits per heavy atom. The van der Waals surface area contributed by atoms with Crippen molar-refractivity contribution in [2.45, 2.75) is 31.9 Å². The van der Waals surface area contributed by atoms with Gasteiger partial charge >= 0.3 is 17.9 Å². The minimum absolute atomic E-state index is 0.0675. The Bertz CT molecular complexity index is 1390. The summed E-state index contributed by atoms with van der Waals surface area (Å²) in [5, 5.41) is 5.60. The maximum Gasteiger partial charge on any atom is 0.323 e. The van der Waals surface area contributed by atoms with Crippen LogP contribution >= 0.6 is 11.8 Å². The van der Waals surface area contributed by atoms with Crippen LogP contribution in [0, 0.1) is 5.92 Å². The third kappa shape index (κ3) is 8.93. The lowest BCUT2D eigenvalue weighted by Crippen LogP contribution is -2.46. The van der Waals surface area contributed by atoms with E-state index < -0.39 is 35.8 Å². The molecule has 9 nitrogen and oxygen atoms in total. The molecule has 0 aromatic heterocycles. The van der Waals surface area contributed by atoms with Crippen LogP contribution in [0.3, 0.4) is 0 Å². The quantitative estimate of drug-likeness (QED) is 0.181. The highest BCUT2D eigenvalue weighted by atomic mass is 32.2. The highest BCUT2D eigenvalue weighted by Gasteiger charge is 2.31. The number of carbonyl (C=O) groups is 4. The molecule has 0 spiro atoms. The molecule has 2 N–H and O–H groups in total. The second kappa shape index (κ2) is 16.6. The van der Waals surface area contributed by atoms with Crippen molar-refractivity contribution in [3.05, 3.63) is 95.6 Å². The largest absolute Gasteiger partial charge is 0.465 e. The molecule has 2 atom stereocenters. The molecule has 0 saturated heterocycles. The summed E-state index contributed by atoms with van der Waals surface area (Å²) < 4.78 is 16.3. The van der Waals surface area contributed by atoms with E-state index in [4.69, 9.17) is 14.2 Å². The van der Waals surface area contributed by atoms with Crippen molar-refractivity contribution >= 4 is 35.6 Å². The van der Waals surface area contributed by atoms with E-state index in [0.717, 1.165) is 27.8 Å². The molecule has 0 unspecified atom stereocenters. The first-order valence-electron chi connectivity index (χ1n) is 14.6. The van der Waals surface area contributed by atoms with Gasteiger partial charge in [-0.2, -0.15) is 11.8 Å². The van der Waals surface area contributed by atoms with Crippen molar-refractivity contribution in [1.29, 1.82) is 0 Å². The van der Waals surface area contributed by atoms with Gasteiger partial charge in [-0.3, -0.25) is 24.5 Å². The molecule has 3 aromatic rings. The number of thioether (sulfide) groups is 1. The molecule has 0 fully saturated rings. The van der Waals surface area contributed by atoms with Crippen LogP contribution in [0.25, 0.3) is 11.1 Å². The molecular weight excluding hydrogens is 580 g/mol. The highest BCUT2D eigenvalue weighted by Crippen LogP contribution is 2.44. The average Bonchev–Trinajstić information content (AvgIpc) is 3.36. The standard InChI is InChI=1S/C34H38N2O7S/c1-3-41-34(40)30(22-44-2)35-19-31(37)36-18-24(17-32(38)42-20-23-11-5-4-6-12-23)33(39)43-21-29-27-15-9-7-13-25(27)26-14-8-10-16-28(26)29/h4-16,24,29-30,35H,3,17-22H2,1-2H3,(H,36,37)/t24-,30+/m0/s1. The lowest BCUT2D eigenvalue weighted by Gasteiger charge is -2.20. The molecule has 0 saturated carbocycles. The summed E-state index contributed by atoms with van der Waals surface area (Å²) in [6.07, 6.45) is 1.58. The number of amides is 1. The molecule has 3 aromatic carbocycles. The predicted octanol–water partition coefficient (Wildman–Crippen LogP) is 4.09. The number of hydrogen-bond donors (Lipinski definition) is 2. The number of nitrogens with one attached hydrogen (secondary N) is 2. The normalized spacial score (nSPS) is 13.2. The van der Waals surface area contributed by atoms with E-state index in [1.807, 2.05) is 73.0 Å². The van der Waals surface area contributed by atoms with Gasteiger partial charge < -0.3 is 19.5 Å². The van der Waals surface area contributed by atoms with E-state index in [1.54, 1.807) is 6.92 Å². The molecule has 10 heteroatoms. The first-order valence-corrected chi connectivity index (χ1v) is 16.0. The Morgan fingerprint density at radius 2 is 1.45 bits per heavy atom. The number of carbonyl (C=O) groups excluding carboxylic acids is 4. The molecule has 0 heterocycles. The predicted molar refractivity (Wildman–Crippen MR) is 169 cm³/mol. The van der Waals surface area contributed by atoms with Crippen LogP contribution in [0.4, 0.5) is 0 Å². The summed E-state index contributed by atoms with van der Waals surface area (Å²) in [5.74, 6) is -2.75. The average molecular weight is 619 g/mol. The number of rotatable bonds is 16. The van der Waals surface area contributed by atoms with E-state index in [1.165, 1.54) is 11.8 Å². The second-order valence-electron chi connectivity index (χ2n) is 10.3. The first kappa shape index (κ1) is 32.8. The summed E-state index contributed by atoms with van der Waals surface area (Å²) in [5.41, 5.74) is 5.17. The number of ether oxygens (including phenoxy) is 3. The SMILES string of the molecule is CCOC(=O)[C@@H](CSC)NCC(=O)NC[C@H](CC(=O)OCc1ccccc1)C(=O)OCC1c2ccccc2-c2ccccc21. The Kier molecular flexibility index (Phi) is 12.4. The molecule has 1 aliphatic carbocycles. The second-order valence-corrected chi connectivity index (χ2v) is 11.3. The summed E-state index contributed by atoms with van der Waals surface area (Å²) in [7, 11) is 0. The summed E-state index contributed by atoms with van der Waals surface area (Å²) in [6.45, 7) is 1.81. The van der Waals surface area contributed by atoms with Gasteiger partial charge in [-0.25, -0.2) is 0 Å². The van der Waals surface area contributed by atoms with Gasteiger partial charge in [0.25, 0.3) is 0 Å². The summed E-state index contributed by atoms with van der Waals surface area (Å²) in [4.78, 5) is 51.1. The number of fused-ring (bicyclic) bond motifs is 3. The highest BCUT2D eigenvalue weighted by molar-refractivity contribution is 7.98. The van der Waals surface area contributed by atoms with Crippen LogP contribution in [-0.2, 0) is 40.0 Å². The zero-order valence-electron chi connectivity index (χ0n) is 25.0. The van der Waals surface area contributed by atoms with Gasteiger partial charge in [0.2, 0.25) is 5.91 Å². The van der Waals surface area contributed by atoms with Crippen LogP contribution < -0.4 is 10.6 Å². The van der Waals surface area contributed by atoms with Crippen molar-refractivity contribution in [1.82, 2.24) is 10.6 Å². The van der Waals surface area contributed by atoms with Crippen LogP contribution in [0.2, 0.25) is 0 Å². The lowest BCUT2D eigenvalue weighted by molar-refractivity contribution is -0.156. The molecule has 44 heavy (non-hydrogen) atoms. The molecular formula is C34H38N2O7S. The molecule has 0 aliphatic heterocycles. The first-order chi connectivity index (χ1) is 21.4. The van der Waals surface area contributed by atoms with Gasteiger partial charge in [0, 0.05) is 18.2 Å². The number of esters is 3. The van der Waals surface area contributed by atoms with Gasteiger partial charge in [-0.15, -0.1) is 0 Å². The fourth-order valence-electron chi connectivity index (χ4n) is 5.09. The Hall–Kier alpha value is -4.15. The summed E-state index contributed by atoms with van der Waals surface area (Å²) >= 11 is 1.45. The number of benzene rings is 3. The van der Waals surface area contributed by atoms with E-state index in [0.29, 0.717) is 5.75 Å². The zero-order chi connectivity index (χ0) is 31.3. The van der Waals surface area contributed by atoms with Gasteiger partial charge in [0.1, 0.15) is 19.3 Å². The minimum Gasteiger partial charge on any atom is -0.465 e. The van der Waals surface area contributed by atoms with E-state index in [-0.39, 0.29) is 45.2 Å². The lowest BCUT2D eigenvalue weighted by atomic mass is 9.98. The van der Waals surface area contributed by atoms with Crippen molar-refractivity contribution < 1.29 is 33.4 Å². The molecule has 4 rings (SSSR count). The van der Waals surface area contributed by atoms with Gasteiger partial charge in [-0.05, 0) is 41.0 Å². The van der Waals surface area contributed by atoms with E-state index >= 15 is 0 Å². The Balaban J connectivity index is 1.39.